The fraction of sp³-hybridized carbons (Fsp3) is 0.438. The average molecular weight is 339 g/mol. The first kappa shape index (κ1) is 17.9. The molecule has 0 aromatic heterocycles. The molecule has 1 aliphatic rings. The van der Waals surface area contributed by atoms with Gasteiger partial charge in [0.15, 0.2) is 0 Å². The maximum absolute atomic E-state index is 11.2. The third-order valence-corrected chi connectivity index (χ3v) is 4.64. The van der Waals surface area contributed by atoms with Gasteiger partial charge in [0.05, 0.1) is 28.9 Å². The van der Waals surface area contributed by atoms with Gasteiger partial charge in [-0.2, -0.15) is 0 Å². The molecule has 0 radical (unpaired) electrons. The fourth-order valence-corrected chi connectivity index (χ4v) is 2.41. The number of carboxylic acids is 1. The summed E-state index contributed by atoms with van der Waals surface area (Å²) in [4.78, 5) is 11.2. The number of ether oxygens (including phenoxy) is 1. The van der Waals surface area contributed by atoms with Crippen molar-refractivity contribution in [1.82, 2.24) is 0 Å². The molecule has 1 aromatic carbocycles. The van der Waals surface area contributed by atoms with Crippen molar-refractivity contribution in [1.29, 1.82) is 0 Å². The van der Waals surface area contributed by atoms with E-state index in [-0.39, 0.29) is 5.56 Å². The van der Waals surface area contributed by atoms with Crippen molar-refractivity contribution >= 4 is 30.8 Å². The Morgan fingerprint density at radius 3 is 2.30 bits per heavy atom. The Morgan fingerprint density at radius 2 is 1.83 bits per heavy atom. The smallest absolute Gasteiger partial charge is 0.487 e. The van der Waals surface area contributed by atoms with Gasteiger partial charge in [-0.15, -0.1) is 0 Å². The molecule has 1 saturated heterocycles. The van der Waals surface area contributed by atoms with Crippen LogP contribution >= 0.6 is 11.6 Å². The van der Waals surface area contributed by atoms with E-state index in [4.69, 9.17) is 30.8 Å². The quantitative estimate of drug-likeness (QED) is 0.848. The minimum atomic E-state index is -1.05. The Bertz CT molecular complexity index is 638. The van der Waals surface area contributed by atoms with Crippen molar-refractivity contribution in [3.63, 3.8) is 0 Å². The zero-order valence-corrected chi connectivity index (χ0v) is 14.6. The van der Waals surface area contributed by atoms with E-state index in [0.29, 0.717) is 16.3 Å². The van der Waals surface area contributed by atoms with E-state index in [2.05, 4.69) is 0 Å². The highest BCUT2D eigenvalue weighted by Gasteiger charge is 2.50. The van der Waals surface area contributed by atoms with E-state index in [1.54, 1.807) is 12.1 Å². The number of hydrogen-bond acceptors (Lipinski definition) is 4. The van der Waals surface area contributed by atoms with Crippen molar-refractivity contribution in [2.75, 3.05) is 7.11 Å². The number of carboxylic acid groups (broad SMARTS) is 1. The summed E-state index contributed by atoms with van der Waals surface area (Å²) in [6, 6.07) is 2.87. The molecule has 1 N–H and O–H groups in total. The Kier molecular flexibility index (Phi) is 4.80. The molecule has 2 rings (SSSR count). The number of aromatic carboxylic acids is 1. The predicted octanol–water partition coefficient (Wildman–Crippen LogP) is 3.69. The third kappa shape index (κ3) is 3.55. The lowest BCUT2D eigenvalue weighted by Crippen LogP contribution is -2.41. The maximum atomic E-state index is 11.2. The summed E-state index contributed by atoms with van der Waals surface area (Å²) in [6.07, 6.45) is 1.68. The van der Waals surface area contributed by atoms with E-state index >= 15 is 0 Å². The second-order valence-corrected chi connectivity index (χ2v) is 6.75. The average Bonchev–Trinajstić information content (AvgIpc) is 2.65. The lowest BCUT2D eigenvalue weighted by Gasteiger charge is -2.32. The Morgan fingerprint density at radius 1 is 1.26 bits per heavy atom. The summed E-state index contributed by atoms with van der Waals surface area (Å²) < 4.78 is 16.8. The lowest BCUT2D eigenvalue weighted by atomic mass is 9.89. The number of hydrogen-bond donors (Lipinski definition) is 1. The SMILES string of the molecule is COc1cc(C(=O)O)cc(C=CB2OC(C)(C)C(C)(C)O2)c1Cl. The minimum absolute atomic E-state index is 0.0971. The van der Waals surface area contributed by atoms with Crippen LogP contribution < -0.4 is 4.74 Å². The highest BCUT2D eigenvalue weighted by atomic mass is 35.5. The van der Waals surface area contributed by atoms with Crippen molar-refractivity contribution in [2.24, 2.45) is 0 Å². The molecule has 7 heteroatoms. The van der Waals surface area contributed by atoms with Crippen LogP contribution in [0.4, 0.5) is 0 Å². The van der Waals surface area contributed by atoms with Crippen LogP contribution in [0, 0.1) is 0 Å². The van der Waals surface area contributed by atoms with Crippen molar-refractivity contribution < 1.29 is 23.9 Å². The number of rotatable bonds is 4. The molecule has 0 unspecified atom stereocenters. The molecule has 5 nitrogen and oxygen atoms in total. The first-order chi connectivity index (χ1) is 10.6. The molecule has 0 saturated carbocycles. The molecule has 0 amide bonds. The first-order valence-corrected chi connectivity index (χ1v) is 7.60. The van der Waals surface area contributed by atoms with Gasteiger partial charge in [0.25, 0.3) is 0 Å². The summed E-state index contributed by atoms with van der Waals surface area (Å²) in [7, 11) is 0.907. The Labute approximate surface area is 141 Å². The number of halogens is 1. The zero-order chi connectivity index (χ0) is 17.4. The standard InChI is InChI=1S/C16H20BClO5/c1-15(2)16(3,4)23-17(22-15)7-6-10-8-11(14(19)20)9-12(21-5)13(10)18/h6-9H,1-5H3,(H,19,20). The van der Waals surface area contributed by atoms with Gasteiger partial charge in [0.1, 0.15) is 5.75 Å². The van der Waals surface area contributed by atoms with Crippen LogP contribution in [0.5, 0.6) is 5.75 Å². The zero-order valence-electron chi connectivity index (χ0n) is 13.8. The summed E-state index contributed by atoms with van der Waals surface area (Å²) in [5, 5.41) is 9.50. The van der Waals surface area contributed by atoms with Gasteiger partial charge in [-0.1, -0.05) is 23.7 Å². The number of methoxy groups -OCH3 is 1. The van der Waals surface area contributed by atoms with Crippen molar-refractivity contribution in [3.8, 4) is 5.75 Å². The molecule has 1 heterocycles. The summed E-state index contributed by atoms with van der Waals surface area (Å²) in [5.41, 5.74) is -0.253. The van der Waals surface area contributed by atoms with Gasteiger partial charge >= 0.3 is 13.1 Å². The molecular formula is C16H20BClO5. The summed E-state index contributed by atoms with van der Waals surface area (Å²) in [5.74, 6) is 0.966. The molecule has 1 fully saturated rings. The van der Waals surface area contributed by atoms with E-state index < -0.39 is 24.3 Å². The molecule has 0 bridgehead atoms. The van der Waals surface area contributed by atoms with E-state index in [1.165, 1.54) is 19.2 Å². The van der Waals surface area contributed by atoms with Crippen LogP contribution in [0.1, 0.15) is 43.6 Å². The van der Waals surface area contributed by atoms with Gasteiger partial charge < -0.3 is 19.2 Å². The molecule has 124 valence electrons. The van der Waals surface area contributed by atoms with Gasteiger partial charge in [-0.25, -0.2) is 4.79 Å². The van der Waals surface area contributed by atoms with Gasteiger partial charge in [-0.3, -0.25) is 0 Å². The van der Waals surface area contributed by atoms with Crippen molar-refractivity contribution in [3.05, 3.63) is 34.3 Å². The molecule has 23 heavy (non-hydrogen) atoms. The first-order valence-electron chi connectivity index (χ1n) is 7.22. The second kappa shape index (κ2) is 6.19. The van der Waals surface area contributed by atoms with Gasteiger partial charge in [0.2, 0.25) is 0 Å². The van der Waals surface area contributed by atoms with E-state index in [1.807, 2.05) is 27.7 Å². The van der Waals surface area contributed by atoms with E-state index in [9.17, 15) is 4.79 Å². The maximum Gasteiger partial charge on any atom is 0.487 e. The molecule has 0 atom stereocenters. The third-order valence-electron chi connectivity index (χ3n) is 4.24. The largest absolute Gasteiger partial charge is 0.495 e. The molecular weight excluding hydrogens is 318 g/mol. The molecule has 1 aromatic rings. The predicted molar refractivity (Wildman–Crippen MR) is 90.1 cm³/mol. The van der Waals surface area contributed by atoms with E-state index in [0.717, 1.165) is 0 Å². The summed E-state index contributed by atoms with van der Waals surface area (Å²) >= 11 is 6.23. The molecule has 1 aliphatic heterocycles. The highest BCUT2D eigenvalue weighted by Crippen LogP contribution is 2.37. The van der Waals surface area contributed by atoms with Gasteiger partial charge in [0, 0.05) is 0 Å². The molecule has 0 spiro atoms. The van der Waals surface area contributed by atoms with Crippen LogP contribution in [0.15, 0.2) is 18.1 Å². The van der Waals surface area contributed by atoms with Crippen LogP contribution in [0.2, 0.25) is 5.02 Å². The monoisotopic (exact) mass is 338 g/mol. The normalized spacial score (nSPS) is 19.3. The Balaban J connectivity index is 2.30. The number of benzene rings is 1. The van der Waals surface area contributed by atoms with Crippen LogP contribution in [-0.4, -0.2) is 36.5 Å². The van der Waals surface area contributed by atoms with Crippen LogP contribution in [0.25, 0.3) is 6.08 Å². The topological polar surface area (TPSA) is 65.0 Å². The number of carbonyl (C=O) groups is 1. The van der Waals surface area contributed by atoms with Crippen LogP contribution in [0.3, 0.4) is 0 Å². The summed E-state index contributed by atoms with van der Waals surface area (Å²) in [6.45, 7) is 7.84. The Hall–Kier alpha value is -1.50. The minimum Gasteiger partial charge on any atom is -0.495 e. The van der Waals surface area contributed by atoms with Crippen LogP contribution in [-0.2, 0) is 9.31 Å². The van der Waals surface area contributed by atoms with Crippen molar-refractivity contribution in [2.45, 2.75) is 38.9 Å². The fourth-order valence-electron chi connectivity index (χ4n) is 2.16. The molecule has 0 aliphatic carbocycles. The second-order valence-electron chi connectivity index (χ2n) is 6.37. The van der Waals surface area contributed by atoms with Gasteiger partial charge in [-0.05, 0) is 45.4 Å². The highest BCUT2D eigenvalue weighted by molar-refractivity contribution is 6.52. The lowest BCUT2D eigenvalue weighted by molar-refractivity contribution is 0.00578.